The third-order valence-corrected chi connectivity index (χ3v) is 4.07. The van der Waals surface area contributed by atoms with E-state index in [2.05, 4.69) is 39.1 Å². The second kappa shape index (κ2) is 8.06. The van der Waals surface area contributed by atoms with Gasteiger partial charge in [-0.3, -0.25) is 0 Å². The molecule has 2 aromatic rings. The van der Waals surface area contributed by atoms with Crippen molar-refractivity contribution >= 4 is 0 Å². The second-order valence-corrected chi connectivity index (χ2v) is 7.11. The molecule has 0 atom stereocenters. The Hall–Kier alpha value is -2.48. The molecule has 2 rings (SSSR count). The molecule has 0 aliphatic rings. The average molecular weight is 336 g/mol. The first-order chi connectivity index (χ1) is 11.8. The molecule has 0 bridgehead atoms. The summed E-state index contributed by atoms with van der Waals surface area (Å²) in [6, 6.07) is 16.3. The van der Waals surface area contributed by atoms with E-state index < -0.39 is 0 Å². The maximum atomic E-state index is 5.99. The van der Waals surface area contributed by atoms with E-state index in [0.717, 1.165) is 33.8 Å². The van der Waals surface area contributed by atoms with Crippen LogP contribution < -0.4 is 9.47 Å². The molecule has 0 radical (unpaired) electrons. The molecule has 2 heteroatoms. The van der Waals surface area contributed by atoms with E-state index in [0.29, 0.717) is 13.2 Å². The first kappa shape index (κ1) is 18.9. The van der Waals surface area contributed by atoms with Gasteiger partial charge in [-0.1, -0.05) is 63.4 Å². The lowest BCUT2D eigenvalue weighted by molar-refractivity contribution is 0.334. The Morgan fingerprint density at radius 3 is 1.48 bits per heavy atom. The zero-order valence-corrected chi connectivity index (χ0v) is 15.8. The molecule has 2 nitrogen and oxygen atoms in total. The Morgan fingerprint density at radius 2 is 1.12 bits per heavy atom. The average Bonchev–Trinajstić information content (AvgIpc) is 2.58. The minimum atomic E-state index is -0.267. The maximum absolute atomic E-state index is 5.99. The summed E-state index contributed by atoms with van der Waals surface area (Å²) >= 11 is 0. The fourth-order valence-electron chi connectivity index (χ4n) is 2.76. The van der Waals surface area contributed by atoms with Crippen molar-refractivity contribution in [3.05, 3.63) is 84.0 Å². The highest BCUT2D eigenvalue weighted by Crippen LogP contribution is 2.41. The molecule has 0 aliphatic heterocycles. The fraction of sp³-hybridized carbons (Fsp3) is 0.304. The van der Waals surface area contributed by atoms with Crippen molar-refractivity contribution in [1.29, 1.82) is 0 Å². The quantitative estimate of drug-likeness (QED) is 0.557. The van der Waals surface area contributed by atoms with Gasteiger partial charge in [0, 0.05) is 16.5 Å². The normalized spacial score (nSPS) is 11.0. The van der Waals surface area contributed by atoms with Gasteiger partial charge < -0.3 is 9.47 Å². The number of benzene rings is 2. The van der Waals surface area contributed by atoms with Crippen LogP contribution in [0.25, 0.3) is 0 Å². The highest BCUT2D eigenvalue weighted by molar-refractivity contribution is 5.50. The summed E-state index contributed by atoms with van der Waals surface area (Å²) < 4.78 is 12.0. The number of hydrogen-bond acceptors (Lipinski definition) is 2. The van der Waals surface area contributed by atoms with Crippen molar-refractivity contribution in [3.8, 4) is 11.5 Å². The summed E-state index contributed by atoms with van der Waals surface area (Å²) in [5, 5.41) is 0. The molecule has 0 spiro atoms. The smallest absolute Gasteiger partial charge is 0.123 e. The lowest BCUT2D eigenvalue weighted by Crippen LogP contribution is -2.21. The second-order valence-electron chi connectivity index (χ2n) is 7.11. The van der Waals surface area contributed by atoms with Gasteiger partial charge in [0.15, 0.2) is 0 Å². The molecule has 0 aromatic heterocycles. The lowest BCUT2D eigenvalue weighted by atomic mass is 9.77. The van der Waals surface area contributed by atoms with E-state index in [9.17, 15) is 0 Å². The fourth-order valence-corrected chi connectivity index (χ4v) is 2.76. The summed E-state index contributed by atoms with van der Waals surface area (Å²) in [5.74, 6) is 1.76. The van der Waals surface area contributed by atoms with Gasteiger partial charge in [0.2, 0.25) is 0 Å². The van der Waals surface area contributed by atoms with Crippen LogP contribution in [0.15, 0.2) is 72.8 Å². The molecule has 0 unspecified atom stereocenters. The Labute approximate surface area is 151 Å². The van der Waals surface area contributed by atoms with Crippen LogP contribution in [-0.2, 0) is 5.41 Å². The van der Waals surface area contributed by atoms with Gasteiger partial charge in [0.25, 0.3) is 0 Å². The topological polar surface area (TPSA) is 18.5 Å². The number of rotatable bonds is 8. The van der Waals surface area contributed by atoms with Crippen molar-refractivity contribution < 1.29 is 9.47 Å². The minimum absolute atomic E-state index is 0.267. The van der Waals surface area contributed by atoms with Crippen molar-refractivity contribution in [2.75, 3.05) is 13.2 Å². The SMILES string of the molecule is C=C(C)COc1ccccc1C(C)(C)c1ccccc1OCC(=C)C. The molecule has 2 aromatic carbocycles. The number of hydrogen-bond donors (Lipinski definition) is 0. The molecule has 0 saturated carbocycles. The van der Waals surface area contributed by atoms with Gasteiger partial charge in [-0.2, -0.15) is 0 Å². The van der Waals surface area contributed by atoms with Gasteiger partial charge in [-0.05, 0) is 37.1 Å². The van der Waals surface area contributed by atoms with Gasteiger partial charge >= 0.3 is 0 Å². The van der Waals surface area contributed by atoms with Crippen molar-refractivity contribution in [2.45, 2.75) is 33.1 Å². The Morgan fingerprint density at radius 1 is 0.760 bits per heavy atom. The molecule has 25 heavy (non-hydrogen) atoms. The van der Waals surface area contributed by atoms with E-state index in [-0.39, 0.29) is 5.41 Å². The summed E-state index contributed by atoms with van der Waals surface area (Å²) in [4.78, 5) is 0. The first-order valence-corrected chi connectivity index (χ1v) is 8.55. The molecular formula is C23H28O2. The van der Waals surface area contributed by atoms with Crippen LogP contribution in [0.5, 0.6) is 11.5 Å². The van der Waals surface area contributed by atoms with Crippen LogP contribution >= 0.6 is 0 Å². The lowest BCUT2D eigenvalue weighted by Gasteiger charge is -2.30. The van der Waals surface area contributed by atoms with Gasteiger partial charge in [-0.25, -0.2) is 0 Å². The van der Waals surface area contributed by atoms with E-state index in [4.69, 9.17) is 9.47 Å². The van der Waals surface area contributed by atoms with E-state index in [1.807, 2.05) is 50.2 Å². The van der Waals surface area contributed by atoms with Crippen LogP contribution in [0.3, 0.4) is 0 Å². The Balaban J connectivity index is 2.42. The Bertz CT molecular complexity index is 693. The van der Waals surface area contributed by atoms with Crippen LogP contribution in [0.2, 0.25) is 0 Å². The van der Waals surface area contributed by atoms with Crippen LogP contribution in [0, 0.1) is 0 Å². The molecule has 132 valence electrons. The summed E-state index contributed by atoms with van der Waals surface area (Å²) in [5.41, 5.74) is 3.98. The molecule has 0 aliphatic carbocycles. The number of para-hydroxylation sites is 2. The standard InChI is InChI=1S/C23H28O2/c1-17(2)15-24-21-13-9-7-11-19(21)23(5,6)20-12-8-10-14-22(20)25-16-18(3)4/h7-14H,1,3,15-16H2,2,4-6H3. The molecular weight excluding hydrogens is 308 g/mol. The zero-order chi connectivity index (χ0) is 18.4. The predicted molar refractivity (Wildman–Crippen MR) is 106 cm³/mol. The predicted octanol–water partition coefficient (Wildman–Crippen LogP) is 5.92. The van der Waals surface area contributed by atoms with Gasteiger partial charge in [0.1, 0.15) is 24.7 Å². The monoisotopic (exact) mass is 336 g/mol. The third kappa shape index (κ3) is 4.76. The van der Waals surface area contributed by atoms with Crippen LogP contribution in [0.1, 0.15) is 38.8 Å². The molecule has 0 amide bonds. The van der Waals surface area contributed by atoms with Crippen molar-refractivity contribution in [1.82, 2.24) is 0 Å². The van der Waals surface area contributed by atoms with E-state index >= 15 is 0 Å². The van der Waals surface area contributed by atoms with Crippen LogP contribution in [-0.4, -0.2) is 13.2 Å². The molecule has 0 heterocycles. The third-order valence-electron chi connectivity index (χ3n) is 4.07. The first-order valence-electron chi connectivity index (χ1n) is 8.55. The zero-order valence-electron chi connectivity index (χ0n) is 15.8. The molecule has 0 fully saturated rings. The van der Waals surface area contributed by atoms with Crippen molar-refractivity contribution in [2.24, 2.45) is 0 Å². The summed E-state index contributed by atoms with van der Waals surface area (Å²) in [6.07, 6.45) is 0. The van der Waals surface area contributed by atoms with E-state index in [1.165, 1.54) is 0 Å². The van der Waals surface area contributed by atoms with Crippen LogP contribution in [0.4, 0.5) is 0 Å². The molecule has 0 saturated heterocycles. The summed E-state index contributed by atoms with van der Waals surface area (Å²) in [6.45, 7) is 17.2. The highest BCUT2D eigenvalue weighted by atomic mass is 16.5. The number of ether oxygens (including phenoxy) is 2. The van der Waals surface area contributed by atoms with Crippen molar-refractivity contribution in [3.63, 3.8) is 0 Å². The largest absolute Gasteiger partial charge is 0.489 e. The summed E-state index contributed by atoms with van der Waals surface area (Å²) in [7, 11) is 0. The minimum Gasteiger partial charge on any atom is -0.489 e. The maximum Gasteiger partial charge on any atom is 0.123 e. The Kier molecular flexibility index (Phi) is 6.08. The van der Waals surface area contributed by atoms with Gasteiger partial charge in [0.05, 0.1) is 0 Å². The molecule has 0 N–H and O–H groups in total. The highest BCUT2D eigenvalue weighted by Gasteiger charge is 2.29. The van der Waals surface area contributed by atoms with Gasteiger partial charge in [-0.15, -0.1) is 0 Å². The van der Waals surface area contributed by atoms with E-state index in [1.54, 1.807) is 0 Å².